The number of aryl methyl sites for hydroxylation is 1. The number of benzene rings is 2. The Bertz CT molecular complexity index is 1360. The summed E-state index contributed by atoms with van der Waals surface area (Å²) in [7, 11) is 1.45. The smallest absolute Gasteiger partial charge is 0.412 e. The van der Waals surface area contributed by atoms with Gasteiger partial charge >= 0.3 is 6.09 Å². The number of aliphatic hydroxyl groups is 1. The minimum atomic E-state index is -0.900. The first kappa shape index (κ1) is 30.7. The summed E-state index contributed by atoms with van der Waals surface area (Å²) in [5, 5.41) is 15.2. The molecule has 40 heavy (non-hydrogen) atoms. The molecule has 3 aromatic rings. The van der Waals surface area contributed by atoms with Gasteiger partial charge in [-0.25, -0.2) is 18.6 Å². The van der Waals surface area contributed by atoms with E-state index < -0.39 is 41.6 Å². The van der Waals surface area contributed by atoms with E-state index in [1.807, 2.05) is 0 Å². The van der Waals surface area contributed by atoms with E-state index in [9.17, 15) is 23.2 Å². The number of nitrogens with zero attached hydrogens (tertiary/aromatic N) is 2. The second-order valence-corrected chi connectivity index (χ2v) is 9.48. The van der Waals surface area contributed by atoms with E-state index in [0.717, 1.165) is 0 Å². The van der Waals surface area contributed by atoms with Gasteiger partial charge in [0.15, 0.2) is 0 Å². The van der Waals surface area contributed by atoms with Crippen LogP contribution in [0.4, 0.5) is 19.4 Å². The van der Waals surface area contributed by atoms with Crippen LogP contribution in [0.2, 0.25) is 5.02 Å². The van der Waals surface area contributed by atoms with Crippen molar-refractivity contribution >= 4 is 46.1 Å². The first-order chi connectivity index (χ1) is 19.1. The summed E-state index contributed by atoms with van der Waals surface area (Å²) in [6.07, 6.45) is 0.438. The Morgan fingerprint density at radius 3 is 2.70 bits per heavy atom. The lowest BCUT2D eigenvalue weighted by molar-refractivity contribution is -0.134. The predicted molar refractivity (Wildman–Crippen MR) is 146 cm³/mol. The Morgan fingerprint density at radius 1 is 1.18 bits per heavy atom. The third-order valence-electron chi connectivity index (χ3n) is 6.12. The van der Waals surface area contributed by atoms with Gasteiger partial charge in [0, 0.05) is 37.6 Å². The highest BCUT2D eigenvalue weighted by Gasteiger charge is 2.25. The Balaban J connectivity index is 1.64. The molecule has 1 aromatic heterocycles. The number of carbonyl (C=O) groups excluding carboxylic acids is 3. The number of nitrogens with two attached hydrogens (primary N) is 1. The number of ether oxygens (including phenoxy) is 1. The highest BCUT2D eigenvalue weighted by Crippen LogP contribution is 2.22. The van der Waals surface area contributed by atoms with Crippen LogP contribution in [0.5, 0.6) is 0 Å². The Morgan fingerprint density at radius 2 is 1.95 bits per heavy atom. The number of amides is 3. The molecule has 2 aromatic carbocycles. The summed E-state index contributed by atoms with van der Waals surface area (Å²) >= 11 is 5.98. The highest BCUT2D eigenvalue weighted by molar-refractivity contribution is 6.31. The number of fused-ring (bicyclic) bond motifs is 1. The van der Waals surface area contributed by atoms with Crippen LogP contribution in [0.1, 0.15) is 18.4 Å². The zero-order valence-corrected chi connectivity index (χ0v) is 22.5. The number of carbonyl (C=O) groups is 3. The van der Waals surface area contributed by atoms with Gasteiger partial charge in [-0.1, -0.05) is 23.7 Å². The maximum Gasteiger partial charge on any atom is 0.412 e. The normalized spacial score (nSPS) is 12.4. The van der Waals surface area contributed by atoms with Gasteiger partial charge in [0.2, 0.25) is 11.8 Å². The number of likely N-dealkylation sites (N-methyl/N-ethyl adjacent to an activating group) is 1. The monoisotopic (exact) mass is 577 g/mol. The van der Waals surface area contributed by atoms with Crippen molar-refractivity contribution in [1.29, 1.82) is 0 Å². The van der Waals surface area contributed by atoms with Crippen LogP contribution in [0.3, 0.4) is 0 Å². The lowest BCUT2D eigenvalue weighted by Crippen LogP contribution is -2.46. The number of hydrogen-bond acceptors (Lipinski definition) is 7. The van der Waals surface area contributed by atoms with Crippen LogP contribution in [0, 0.1) is 11.6 Å². The van der Waals surface area contributed by atoms with E-state index >= 15 is 0 Å². The predicted octanol–water partition coefficient (Wildman–Crippen LogP) is 3.00. The van der Waals surface area contributed by atoms with E-state index in [1.165, 1.54) is 48.5 Å². The molecule has 0 unspecified atom stereocenters. The lowest BCUT2D eigenvalue weighted by Gasteiger charge is -2.28. The van der Waals surface area contributed by atoms with Gasteiger partial charge in [0.25, 0.3) is 0 Å². The maximum atomic E-state index is 13.7. The van der Waals surface area contributed by atoms with Crippen LogP contribution in [0.15, 0.2) is 48.7 Å². The van der Waals surface area contributed by atoms with Gasteiger partial charge in [-0.05, 0) is 47.7 Å². The molecule has 214 valence electrons. The first-order valence-corrected chi connectivity index (χ1v) is 12.8. The molecule has 0 radical (unpaired) electrons. The minimum Gasteiger partial charge on any atom is -0.447 e. The molecule has 0 aliphatic rings. The third kappa shape index (κ3) is 8.83. The van der Waals surface area contributed by atoms with Crippen molar-refractivity contribution < 1.29 is 33.0 Å². The SMILES string of the molecule is CN(C(=O)CCc1cccc(F)c1Cl)[C@H](COC(=O)Nc1cc2cc(F)ccc2cn1)CC(=O)NC[C@@H](N)CO. The molecule has 5 N–H and O–H groups in total. The van der Waals surface area contributed by atoms with Crippen molar-refractivity contribution in [3.63, 3.8) is 0 Å². The summed E-state index contributed by atoms with van der Waals surface area (Å²) in [6, 6.07) is 8.39. The number of anilines is 1. The third-order valence-corrected chi connectivity index (χ3v) is 6.54. The number of hydrogen-bond donors (Lipinski definition) is 4. The zero-order valence-electron chi connectivity index (χ0n) is 21.7. The molecule has 0 saturated carbocycles. The van der Waals surface area contributed by atoms with Crippen LogP contribution in [0.25, 0.3) is 10.8 Å². The highest BCUT2D eigenvalue weighted by atomic mass is 35.5. The van der Waals surface area contributed by atoms with Crippen molar-refractivity contribution in [2.45, 2.75) is 31.3 Å². The summed E-state index contributed by atoms with van der Waals surface area (Å²) in [5.41, 5.74) is 6.07. The van der Waals surface area contributed by atoms with Gasteiger partial charge in [-0.3, -0.25) is 14.9 Å². The summed E-state index contributed by atoms with van der Waals surface area (Å²) in [5.74, 6) is -1.80. The molecule has 2 atom stereocenters. The van der Waals surface area contributed by atoms with Gasteiger partial charge in [-0.15, -0.1) is 0 Å². The quantitative estimate of drug-likeness (QED) is 0.259. The average molecular weight is 578 g/mol. The number of halogens is 3. The van der Waals surface area contributed by atoms with Gasteiger partial charge in [-0.2, -0.15) is 0 Å². The second kappa shape index (κ2) is 14.5. The number of aliphatic hydroxyl groups excluding tert-OH is 1. The summed E-state index contributed by atoms with van der Waals surface area (Å²) in [4.78, 5) is 43.3. The van der Waals surface area contributed by atoms with E-state index in [2.05, 4.69) is 15.6 Å². The van der Waals surface area contributed by atoms with Gasteiger partial charge < -0.3 is 25.8 Å². The number of rotatable bonds is 12. The number of nitrogens with one attached hydrogen (secondary N) is 2. The van der Waals surface area contributed by atoms with Crippen LogP contribution in [-0.2, 0) is 20.7 Å². The van der Waals surface area contributed by atoms with E-state index in [0.29, 0.717) is 16.3 Å². The molecule has 0 saturated heterocycles. The van der Waals surface area contributed by atoms with Crippen molar-refractivity contribution in [1.82, 2.24) is 15.2 Å². The molecule has 3 amide bonds. The standard InChI is InChI=1S/C27H30ClF2N5O5/c1-35(25(38)8-6-16-3-2-4-22(30)26(16)28)21(11-24(37)33-13-20(31)14-36)15-40-27(39)34-23-10-18-9-19(29)7-5-17(18)12-32-23/h2-5,7,9-10,12,20-21,36H,6,8,11,13-15,31H2,1H3,(H,33,37)(H,32,34,39)/t20-,21+/m1/s1. The number of pyridine rings is 1. The Kier molecular flexibility index (Phi) is 11.1. The molecule has 3 rings (SSSR count). The fourth-order valence-corrected chi connectivity index (χ4v) is 3.98. The van der Waals surface area contributed by atoms with Crippen LogP contribution in [-0.4, -0.2) is 71.8 Å². The molecule has 13 heteroatoms. The fraction of sp³-hybridized carbons (Fsp3) is 0.333. The van der Waals surface area contributed by atoms with Crippen molar-refractivity contribution in [2.24, 2.45) is 5.73 Å². The molecule has 0 bridgehead atoms. The Hall–Kier alpha value is -3.87. The second-order valence-electron chi connectivity index (χ2n) is 9.11. The molecule has 0 aliphatic carbocycles. The van der Waals surface area contributed by atoms with Crippen molar-refractivity contribution in [2.75, 3.05) is 32.1 Å². The topological polar surface area (TPSA) is 147 Å². The molecular formula is C27H30ClF2N5O5. The number of aromatic nitrogens is 1. The summed E-state index contributed by atoms with van der Waals surface area (Å²) in [6.45, 7) is -0.673. The molecule has 0 spiro atoms. The first-order valence-electron chi connectivity index (χ1n) is 12.4. The minimum absolute atomic E-state index is 0.00730. The van der Waals surface area contributed by atoms with E-state index in [1.54, 1.807) is 12.1 Å². The Labute approximate surface area is 234 Å². The lowest BCUT2D eigenvalue weighted by atomic mass is 10.1. The molecule has 0 fully saturated rings. The maximum absolute atomic E-state index is 13.7. The molecule has 0 aliphatic heterocycles. The summed E-state index contributed by atoms with van der Waals surface area (Å²) < 4.78 is 32.6. The molecule has 1 heterocycles. The van der Waals surface area contributed by atoms with Gasteiger partial charge in [0.05, 0.1) is 24.1 Å². The molecular weight excluding hydrogens is 548 g/mol. The average Bonchev–Trinajstić information content (AvgIpc) is 2.93. The largest absolute Gasteiger partial charge is 0.447 e. The van der Waals surface area contributed by atoms with Gasteiger partial charge in [0.1, 0.15) is 24.1 Å². The zero-order chi connectivity index (χ0) is 29.2. The van der Waals surface area contributed by atoms with E-state index in [-0.39, 0.29) is 49.9 Å². The molecule has 10 nitrogen and oxygen atoms in total. The van der Waals surface area contributed by atoms with Crippen molar-refractivity contribution in [3.8, 4) is 0 Å². The van der Waals surface area contributed by atoms with E-state index in [4.69, 9.17) is 27.2 Å². The fourth-order valence-electron chi connectivity index (χ4n) is 3.76. The van der Waals surface area contributed by atoms with Crippen molar-refractivity contribution in [3.05, 3.63) is 70.9 Å². The van der Waals surface area contributed by atoms with Crippen LogP contribution < -0.4 is 16.4 Å². The van der Waals surface area contributed by atoms with Crippen LogP contribution >= 0.6 is 11.6 Å².